The summed E-state index contributed by atoms with van der Waals surface area (Å²) in [7, 11) is 0. The molecule has 0 fully saturated rings. The molecule has 0 saturated carbocycles. The number of imidazole rings is 1. The predicted octanol–water partition coefficient (Wildman–Crippen LogP) is 2.32. The summed E-state index contributed by atoms with van der Waals surface area (Å²) in [6.07, 6.45) is 1.75. The van der Waals surface area contributed by atoms with E-state index in [1.54, 1.807) is 6.20 Å². The molecule has 4 nitrogen and oxygen atoms in total. The normalized spacial score (nSPS) is 12.4. The minimum absolute atomic E-state index is 0.0318. The van der Waals surface area contributed by atoms with Gasteiger partial charge in [0.25, 0.3) is 0 Å². The van der Waals surface area contributed by atoms with Gasteiger partial charge in [-0.05, 0) is 26.0 Å². The molecule has 0 amide bonds. The molecule has 1 aromatic heterocycles. The quantitative estimate of drug-likeness (QED) is 0.848. The topological polar surface area (TPSA) is 63.9 Å². The number of H-pyrrole nitrogens is 1. The van der Waals surface area contributed by atoms with Crippen molar-refractivity contribution in [3.63, 3.8) is 0 Å². The minimum atomic E-state index is -0.0318. The first-order valence-electron chi connectivity index (χ1n) is 5.64. The van der Waals surface area contributed by atoms with Crippen LogP contribution in [0.1, 0.15) is 30.0 Å². The van der Waals surface area contributed by atoms with Gasteiger partial charge in [0.15, 0.2) is 0 Å². The van der Waals surface area contributed by atoms with Gasteiger partial charge < -0.3 is 15.5 Å². The molecule has 1 unspecified atom stereocenters. The highest BCUT2D eigenvalue weighted by atomic mass is 16.5. The van der Waals surface area contributed by atoms with Crippen molar-refractivity contribution in [3.8, 4) is 5.75 Å². The number of hydrogen-bond acceptors (Lipinski definition) is 3. The predicted molar refractivity (Wildman–Crippen MR) is 66.7 cm³/mol. The van der Waals surface area contributed by atoms with Crippen LogP contribution in [-0.4, -0.2) is 9.97 Å². The fraction of sp³-hybridized carbons (Fsp3) is 0.308. The van der Waals surface area contributed by atoms with Crippen molar-refractivity contribution < 1.29 is 4.74 Å². The Morgan fingerprint density at radius 2 is 2.06 bits per heavy atom. The summed E-state index contributed by atoms with van der Waals surface area (Å²) in [5.74, 6) is 1.63. The van der Waals surface area contributed by atoms with Crippen LogP contribution in [0.3, 0.4) is 0 Å². The third kappa shape index (κ3) is 3.07. The van der Waals surface area contributed by atoms with E-state index in [9.17, 15) is 0 Å². The van der Waals surface area contributed by atoms with Gasteiger partial charge in [-0.15, -0.1) is 0 Å². The van der Waals surface area contributed by atoms with Gasteiger partial charge in [0.1, 0.15) is 18.2 Å². The van der Waals surface area contributed by atoms with Gasteiger partial charge in [-0.3, -0.25) is 0 Å². The Balaban J connectivity index is 1.95. The van der Waals surface area contributed by atoms with Gasteiger partial charge in [0.2, 0.25) is 0 Å². The lowest BCUT2D eigenvalue weighted by atomic mass is 10.2. The van der Waals surface area contributed by atoms with Gasteiger partial charge in [0, 0.05) is 12.2 Å². The fourth-order valence-electron chi connectivity index (χ4n) is 1.47. The van der Waals surface area contributed by atoms with Crippen LogP contribution in [0.25, 0.3) is 0 Å². The number of aryl methyl sites for hydroxylation is 1. The number of nitrogens with zero attached hydrogens (tertiary/aromatic N) is 1. The maximum atomic E-state index is 5.74. The first kappa shape index (κ1) is 11.7. The highest BCUT2D eigenvalue weighted by Crippen LogP contribution is 2.13. The summed E-state index contributed by atoms with van der Waals surface area (Å²) < 4.78 is 5.61. The number of rotatable bonds is 4. The van der Waals surface area contributed by atoms with Gasteiger partial charge in [0.05, 0.1) is 5.69 Å². The lowest BCUT2D eigenvalue weighted by molar-refractivity contribution is 0.297. The molecule has 4 heteroatoms. The molecule has 0 saturated heterocycles. The van der Waals surface area contributed by atoms with Crippen LogP contribution in [0.5, 0.6) is 5.75 Å². The molecule has 2 rings (SSSR count). The largest absolute Gasteiger partial charge is 0.486 e. The van der Waals surface area contributed by atoms with Crippen LogP contribution >= 0.6 is 0 Å². The standard InChI is InChI=1S/C13H17N3O/c1-9-3-5-11(6-4-9)17-8-13-15-7-12(16-13)10(2)14/h3-7,10H,8,14H2,1-2H3,(H,15,16). The van der Waals surface area contributed by atoms with Crippen molar-refractivity contribution in [3.05, 3.63) is 47.5 Å². The summed E-state index contributed by atoms with van der Waals surface area (Å²) in [5, 5.41) is 0. The number of aromatic amines is 1. The van der Waals surface area contributed by atoms with E-state index in [0.717, 1.165) is 17.3 Å². The number of benzene rings is 1. The minimum Gasteiger partial charge on any atom is -0.486 e. The van der Waals surface area contributed by atoms with E-state index >= 15 is 0 Å². The zero-order valence-electron chi connectivity index (χ0n) is 10.1. The number of ether oxygens (including phenoxy) is 1. The van der Waals surface area contributed by atoms with Gasteiger partial charge in [-0.1, -0.05) is 17.7 Å². The Hall–Kier alpha value is -1.81. The van der Waals surface area contributed by atoms with Gasteiger partial charge in [-0.25, -0.2) is 4.98 Å². The van der Waals surface area contributed by atoms with Crippen molar-refractivity contribution in [2.45, 2.75) is 26.5 Å². The van der Waals surface area contributed by atoms with Crippen molar-refractivity contribution in [2.75, 3.05) is 0 Å². The number of nitrogens with one attached hydrogen (secondary N) is 1. The van der Waals surface area contributed by atoms with E-state index in [0.29, 0.717) is 6.61 Å². The highest BCUT2D eigenvalue weighted by molar-refractivity contribution is 5.26. The van der Waals surface area contributed by atoms with E-state index in [-0.39, 0.29) is 6.04 Å². The van der Waals surface area contributed by atoms with Gasteiger partial charge >= 0.3 is 0 Å². The Morgan fingerprint density at radius 1 is 1.35 bits per heavy atom. The SMILES string of the molecule is Cc1ccc(OCc2ncc(C(C)N)[nH]2)cc1. The van der Waals surface area contributed by atoms with Crippen molar-refractivity contribution in [1.29, 1.82) is 0 Å². The molecule has 3 N–H and O–H groups in total. The highest BCUT2D eigenvalue weighted by Gasteiger charge is 2.04. The van der Waals surface area contributed by atoms with E-state index in [1.807, 2.05) is 38.1 Å². The molecule has 0 aliphatic heterocycles. The number of hydrogen-bond donors (Lipinski definition) is 2. The summed E-state index contributed by atoms with van der Waals surface area (Å²) in [6.45, 7) is 4.39. The van der Waals surface area contributed by atoms with Crippen molar-refractivity contribution in [1.82, 2.24) is 9.97 Å². The molecule has 0 radical (unpaired) electrons. The third-order valence-corrected chi connectivity index (χ3v) is 2.54. The summed E-state index contributed by atoms with van der Waals surface area (Å²) in [5.41, 5.74) is 7.88. The first-order valence-corrected chi connectivity index (χ1v) is 5.64. The molecule has 0 aliphatic carbocycles. The molecule has 0 aliphatic rings. The van der Waals surface area contributed by atoms with E-state index in [4.69, 9.17) is 10.5 Å². The molecule has 1 atom stereocenters. The van der Waals surface area contributed by atoms with E-state index in [1.165, 1.54) is 5.56 Å². The maximum absolute atomic E-state index is 5.74. The Labute approximate surface area is 101 Å². The monoisotopic (exact) mass is 231 g/mol. The van der Waals surface area contributed by atoms with Crippen LogP contribution in [0.2, 0.25) is 0 Å². The van der Waals surface area contributed by atoms with Crippen molar-refractivity contribution >= 4 is 0 Å². The molecule has 1 heterocycles. The molecule has 0 spiro atoms. The second kappa shape index (κ2) is 5.01. The summed E-state index contributed by atoms with van der Waals surface area (Å²) >= 11 is 0. The third-order valence-electron chi connectivity index (χ3n) is 2.54. The smallest absolute Gasteiger partial charge is 0.146 e. The Bertz CT molecular complexity index is 474. The lowest BCUT2D eigenvalue weighted by Crippen LogP contribution is -2.05. The summed E-state index contributed by atoms with van der Waals surface area (Å²) in [6, 6.07) is 7.90. The number of nitrogens with two attached hydrogens (primary N) is 1. The molecular formula is C13H17N3O. The average molecular weight is 231 g/mol. The first-order chi connectivity index (χ1) is 8.15. The fourth-order valence-corrected chi connectivity index (χ4v) is 1.47. The Kier molecular flexibility index (Phi) is 3.44. The number of aromatic nitrogens is 2. The zero-order chi connectivity index (χ0) is 12.3. The molecule has 1 aromatic carbocycles. The van der Waals surface area contributed by atoms with Gasteiger partial charge in [-0.2, -0.15) is 0 Å². The maximum Gasteiger partial charge on any atom is 0.146 e. The van der Waals surface area contributed by atoms with Crippen LogP contribution in [0.4, 0.5) is 0 Å². The zero-order valence-corrected chi connectivity index (χ0v) is 10.1. The summed E-state index contributed by atoms with van der Waals surface area (Å²) in [4.78, 5) is 7.34. The molecular weight excluding hydrogens is 214 g/mol. The molecule has 2 aromatic rings. The van der Waals surface area contributed by atoms with E-state index < -0.39 is 0 Å². The second-order valence-electron chi connectivity index (χ2n) is 4.18. The molecule has 90 valence electrons. The molecule has 0 bridgehead atoms. The average Bonchev–Trinajstić information content (AvgIpc) is 2.77. The van der Waals surface area contributed by atoms with Crippen LogP contribution < -0.4 is 10.5 Å². The lowest BCUT2D eigenvalue weighted by Gasteiger charge is -2.04. The van der Waals surface area contributed by atoms with Crippen molar-refractivity contribution in [2.24, 2.45) is 5.73 Å². The van der Waals surface area contributed by atoms with E-state index in [2.05, 4.69) is 9.97 Å². The molecule has 17 heavy (non-hydrogen) atoms. The Morgan fingerprint density at radius 3 is 2.65 bits per heavy atom. The van der Waals surface area contributed by atoms with Crippen LogP contribution in [0, 0.1) is 6.92 Å². The van der Waals surface area contributed by atoms with Crippen LogP contribution in [0.15, 0.2) is 30.5 Å². The van der Waals surface area contributed by atoms with Crippen LogP contribution in [-0.2, 0) is 6.61 Å². The second-order valence-corrected chi connectivity index (χ2v) is 4.18.